The number of aldehydes is 1. The van der Waals surface area contributed by atoms with Crippen LogP contribution in [0.2, 0.25) is 0 Å². The van der Waals surface area contributed by atoms with Gasteiger partial charge in [0, 0.05) is 5.92 Å². The monoisotopic (exact) mass is 227 g/mol. The molecule has 0 unspecified atom stereocenters. The molecule has 0 aliphatic rings. The van der Waals surface area contributed by atoms with Gasteiger partial charge in [0.15, 0.2) is 12.4 Å². The topological polar surface area (TPSA) is 50.1 Å². The Kier molecular flexibility index (Phi) is 3.91. The van der Waals surface area contributed by atoms with Gasteiger partial charge in [0.05, 0.1) is 18.1 Å². The maximum atomic E-state index is 10.9. The quantitative estimate of drug-likeness (QED) is 0.588. The minimum atomic E-state index is -0.472. The Hall–Kier alpha value is -2.26. The van der Waals surface area contributed by atoms with Crippen molar-refractivity contribution in [3.8, 4) is 23.7 Å². The van der Waals surface area contributed by atoms with Crippen LogP contribution < -0.4 is 4.74 Å². The Morgan fingerprint density at radius 3 is 2.65 bits per heavy atom. The molecule has 0 atom stereocenters. The molecule has 86 valence electrons. The van der Waals surface area contributed by atoms with Crippen molar-refractivity contribution in [2.45, 2.75) is 19.3 Å². The van der Waals surface area contributed by atoms with Gasteiger partial charge in [-0.05, 0) is 31.5 Å². The van der Waals surface area contributed by atoms with Crippen molar-refractivity contribution in [1.29, 1.82) is 5.26 Å². The number of hydrogen-bond acceptors (Lipinski definition) is 3. The normalized spacial score (nSPS) is 9.76. The van der Waals surface area contributed by atoms with Crippen LogP contribution in [0.25, 0.3) is 0 Å². The molecule has 0 spiro atoms. The van der Waals surface area contributed by atoms with Gasteiger partial charge in [0.1, 0.15) is 5.75 Å². The highest BCUT2D eigenvalue weighted by Crippen LogP contribution is 2.27. The molecule has 0 aliphatic heterocycles. The first-order valence-electron chi connectivity index (χ1n) is 5.10. The predicted molar refractivity (Wildman–Crippen MR) is 64.8 cm³/mol. The molecule has 0 heterocycles. The molecule has 1 aromatic carbocycles. The summed E-state index contributed by atoms with van der Waals surface area (Å²) in [7, 11) is 1.52. The summed E-state index contributed by atoms with van der Waals surface area (Å²) < 4.78 is 5.07. The largest absolute Gasteiger partial charge is 0.496 e. The number of nitrogens with zero attached hydrogens (tertiary/aromatic N) is 1. The third kappa shape index (κ3) is 2.86. The van der Waals surface area contributed by atoms with E-state index in [2.05, 4.69) is 11.8 Å². The molecule has 3 heteroatoms. The van der Waals surface area contributed by atoms with Gasteiger partial charge in [-0.3, -0.25) is 4.79 Å². The lowest BCUT2D eigenvalue weighted by Crippen LogP contribution is -2.14. The fourth-order valence-electron chi connectivity index (χ4n) is 1.47. The van der Waals surface area contributed by atoms with Gasteiger partial charge in [-0.1, -0.05) is 12.0 Å². The lowest BCUT2D eigenvalue weighted by molar-refractivity contribution is 0.112. The Balaban J connectivity index is 3.25. The predicted octanol–water partition coefficient (Wildman–Crippen LogP) is 2.31. The lowest BCUT2D eigenvalue weighted by Gasteiger charge is -2.19. The molecule has 0 aliphatic carbocycles. The summed E-state index contributed by atoms with van der Waals surface area (Å²) >= 11 is 0. The van der Waals surface area contributed by atoms with Crippen molar-refractivity contribution in [2.24, 2.45) is 0 Å². The van der Waals surface area contributed by atoms with E-state index in [-0.39, 0.29) is 0 Å². The van der Waals surface area contributed by atoms with Gasteiger partial charge in [-0.15, -0.1) is 0 Å². The molecule has 0 aromatic heterocycles. The smallest absolute Gasteiger partial charge is 0.153 e. The molecule has 1 aromatic rings. The van der Waals surface area contributed by atoms with E-state index >= 15 is 0 Å². The van der Waals surface area contributed by atoms with E-state index in [1.807, 2.05) is 19.9 Å². The number of rotatable bonds is 3. The second-order valence-corrected chi connectivity index (χ2v) is 4.06. The zero-order valence-corrected chi connectivity index (χ0v) is 10.1. The maximum Gasteiger partial charge on any atom is 0.153 e. The molecule has 17 heavy (non-hydrogen) atoms. The highest BCUT2D eigenvalue weighted by atomic mass is 16.5. The van der Waals surface area contributed by atoms with Crippen LogP contribution in [-0.4, -0.2) is 13.4 Å². The van der Waals surface area contributed by atoms with Gasteiger partial charge >= 0.3 is 0 Å². The summed E-state index contributed by atoms with van der Waals surface area (Å²) in [6, 6.07) is 7.10. The van der Waals surface area contributed by atoms with Crippen molar-refractivity contribution in [3.05, 3.63) is 29.3 Å². The maximum absolute atomic E-state index is 10.9. The van der Waals surface area contributed by atoms with E-state index in [9.17, 15) is 4.79 Å². The van der Waals surface area contributed by atoms with E-state index in [1.54, 1.807) is 18.2 Å². The van der Waals surface area contributed by atoms with Crippen LogP contribution in [0.5, 0.6) is 5.75 Å². The molecule has 0 radical (unpaired) electrons. The minimum Gasteiger partial charge on any atom is -0.496 e. The fourth-order valence-corrected chi connectivity index (χ4v) is 1.47. The van der Waals surface area contributed by atoms with Crippen LogP contribution in [0.3, 0.4) is 0 Å². The first kappa shape index (κ1) is 12.8. The third-order valence-electron chi connectivity index (χ3n) is 2.51. The van der Waals surface area contributed by atoms with Gasteiger partial charge in [-0.2, -0.15) is 5.26 Å². The Bertz CT molecular complexity index is 527. The van der Waals surface area contributed by atoms with Crippen molar-refractivity contribution in [3.63, 3.8) is 0 Å². The van der Waals surface area contributed by atoms with E-state index in [0.29, 0.717) is 11.3 Å². The number of nitriles is 1. The SMILES string of the molecule is COc1ccc(C(C)(C)C#CC#N)cc1C=O. The summed E-state index contributed by atoms with van der Waals surface area (Å²) in [5, 5.41) is 8.46. The molecule has 0 bridgehead atoms. The number of hydrogen-bond donors (Lipinski definition) is 0. The highest BCUT2D eigenvalue weighted by Gasteiger charge is 2.19. The summed E-state index contributed by atoms with van der Waals surface area (Å²) in [5.41, 5.74) is 0.889. The third-order valence-corrected chi connectivity index (χ3v) is 2.51. The number of methoxy groups -OCH3 is 1. The molecule has 0 saturated heterocycles. The molecular weight excluding hydrogens is 214 g/mol. The number of benzene rings is 1. The average Bonchev–Trinajstić information content (AvgIpc) is 2.35. The molecule has 3 nitrogen and oxygen atoms in total. The Morgan fingerprint density at radius 1 is 1.41 bits per heavy atom. The fraction of sp³-hybridized carbons (Fsp3) is 0.286. The molecule has 1 rings (SSSR count). The Labute approximate surface area is 101 Å². The van der Waals surface area contributed by atoms with Crippen molar-refractivity contribution >= 4 is 6.29 Å². The Morgan fingerprint density at radius 2 is 2.12 bits per heavy atom. The van der Waals surface area contributed by atoms with E-state index in [4.69, 9.17) is 10.00 Å². The first-order chi connectivity index (χ1) is 8.05. The van der Waals surface area contributed by atoms with Gasteiger partial charge in [0.2, 0.25) is 0 Å². The zero-order valence-electron chi connectivity index (χ0n) is 10.1. The average molecular weight is 227 g/mol. The van der Waals surface area contributed by atoms with Crippen LogP contribution in [0.4, 0.5) is 0 Å². The first-order valence-corrected chi connectivity index (χ1v) is 5.10. The summed E-state index contributed by atoms with van der Waals surface area (Å²) in [6.45, 7) is 3.79. The summed E-state index contributed by atoms with van der Waals surface area (Å²) in [5.74, 6) is 5.77. The second kappa shape index (κ2) is 5.18. The summed E-state index contributed by atoms with van der Waals surface area (Å²) in [6.07, 6.45) is 0.746. The van der Waals surface area contributed by atoms with E-state index in [0.717, 1.165) is 11.8 Å². The van der Waals surface area contributed by atoms with Gasteiger partial charge in [-0.25, -0.2) is 0 Å². The van der Waals surface area contributed by atoms with Crippen LogP contribution in [0.1, 0.15) is 29.8 Å². The molecular formula is C14H13NO2. The molecule has 0 amide bonds. The number of carbonyl (C=O) groups excluding carboxylic acids is 1. The molecule has 0 N–H and O–H groups in total. The van der Waals surface area contributed by atoms with Crippen molar-refractivity contribution < 1.29 is 9.53 Å². The minimum absolute atomic E-state index is 0.472. The van der Waals surface area contributed by atoms with Crippen LogP contribution in [0.15, 0.2) is 18.2 Å². The number of carbonyl (C=O) groups is 1. The van der Waals surface area contributed by atoms with E-state index in [1.165, 1.54) is 7.11 Å². The number of ether oxygens (including phenoxy) is 1. The summed E-state index contributed by atoms with van der Waals surface area (Å²) in [4.78, 5) is 10.9. The van der Waals surface area contributed by atoms with Crippen molar-refractivity contribution in [1.82, 2.24) is 0 Å². The standard InChI is InChI=1S/C14H13NO2/c1-14(2,7-4-8-15)12-5-6-13(17-3)11(9-12)10-16/h5-6,9-10H,1-3H3. The van der Waals surface area contributed by atoms with Crippen LogP contribution >= 0.6 is 0 Å². The van der Waals surface area contributed by atoms with Gasteiger partial charge in [0.25, 0.3) is 0 Å². The van der Waals surface area contributed by atoms with Gasteiger partial charge < -0.3 is 4.74 Å². The lowest BCUT2D eigenvalue weighted by atomic mass is 9.84. The van der Waals surface area contributed by atoms with Crippen LogP contribution in [0, 0.1) is 23.2 Å². The highest BCUT2D eigenvalue weighted by molar-refractivity contribution is 5.80. The van der Waals surface area contributed by atoms with E-state index < -0.39 is 5.41 Å². The molecule has 0 saturated carbocycles. The second-order valence-electron chi connectivity index (χ2n) is 4.06. The molecule has 0 fully saturated rings. The van der Waals surface area contributed by atoms with Crippen LogP contribution in [-0.2, 0) is 5.41 Å². The zero-order chi connectivity index (χ0) is 12.9. The van der Waals surface area contributed by atoms with Crippen molar-refractivity contribution in [2.75, 3.05) is 7.11 Å².